The summed E-state index contributed by atoms with van der Waals surface area (Å²) in [6, 6.07) is 12.5. The Morgan fingerprint density at radius 3 is 2.61 bits per heavy atom. The van der Waals surface area contributed by atoms with E-state index in [1.54, 1.807) is 16.8 Å². The Labute approximate surface area is 182 Å². The van der Waals surface area contributed by atoms with Crippen molar-refractivity contribution in [2.24, 2.45) is 0 Å². The zero-order valence-corrected chi connectivity index (χ0v) is 17.1. The molecule has 1 atom stereocenters. The largest absolute Gasteiger partial charge is 0.381 e. The third-order valence-corrected chi connectivity index (χ3v) is 5.09. The number of nitrogens with zero attached hydrogens (tertiary/aromatic N) is 4. The van der Waals surface area contributed by atoms with Crippen molar-refractivity contribution in [2.75, 3.05) is 0 Å². The third-order valence-electron chi connectivity index (χ3n) is 4.86. The summed E-state index contributed by atoms with van der Waals surface area (Å²) in [5.74, 6) is -1.53. The first-order chi connectivity index (χ1) is 14.9. The van der Waals surface area contributed by atoms with Crippen LogP contribution in [0.1, 0.15) is 16.7 Å². The summed E-state index contributed by atoms with van der Waals surface area (Å²) in [6.07, 6.45) is 10.2. The maximum atomic E-state index is 14.5. The van der Waals surface area contributed by atoms with Crippen LogP contribution in [0.3, 0.4) is 0 Å². The van der Waals surface area contributed by atoms with Gasteiger partial charge in [-0.05, 0) is 35.4 Å². The van der Waals surface area contributed by atoms with Crippen LogP contribution in [0.4, 0.5) is 8.78 Å². The van der Waals surface area contributed by atoms with Crippen molar-refractivity contribution in [3.63, 3.8) is 0 Å². The molecule has 158 valence electrons. The second kappa shape index (κ2) is 8.83. The van der Waals surface area contributed by atoms with Crippen molar-refractivity contribution >= 4 is 23.8 Å². The first-order valence-corrected chi connectivity index (χ1v) is 9.89. The molecule has 0 saturated heterocycles. The van der Waals surface area contributed by atoms with Gasteiger partial charge in [-0.2, -0.15) is 5.10 Å². The summed E-state index contributed by atoms with van der Waals surface area (Å²) < 4.78 is 31.1. The fraction of sp³-hybridized carbons (Fsp3) is 0.130. The van der Waals surface area contributed by atoms with Crippen molar-refractivity contribution in [1.82, 2.24) is 19.3 Å². The van der Waals surface area contributed by atoms with Gasteiger partial charge < -0.3 is 9.67 Å². The van der Waals surface area contributed by atoms with Gasteiger partial charge in [0.15, 0.2) is 0 Å². The first-order valence-electron chi connectivity index (χ1n) is 9.51. The topological polar surface area (TPSA) is 55.9 Å². The SMILES string of the molecule is OC(Cn1ccc(/C=C/c2cccc(Cl)c2)c1)(Cn1cncn1)c1ccc(F)cc1F. The van der Waals surface area contributed by atoms with E-state index in [1.807, 2.05) is 42.6 Å². The summed E-state index contributed by atoms with van der Waals surface area (Å²) in [5, 5.41) is 16.1. The van der Waals surface area contributed by atoms with E-state index in [2.05, 4.69) is 10.1 Å². The van der Waals surface area contributed by atoms with Crippen LogP contribution in [0.2, 0.25) is 5.02 Å². The summed E-state index contributed by atoms with van der Waals surface area (Å²) in [4.78, 5) is 3.87. The van der Waals surface area contributed by atoms with Crippen molar-refractivity contribution < 1.29 is 13.9 Å². The summed E-state index contributed by atoms with van der Waals surface area (Å²) in [6.45, 7) is -0.0260. The van der Waals surface area contributed by atoms with Gasteiger partial charge in [0.1, 0.15) is 29.9 Å². The first kappa shape index (κ1) is 21.0. The number of aromatic nitrogens is 4. The highest BCUT2D eigenvalue weighted by Crippen LogP contribution is 2.29. The number of benzene rings is 2. The standard InChI is InChI=1S/C23H19ClF2N4O/c24-19-3-1-2-17(10-19)4-5-18-8-9-29(12-18)13-23(31,14-30-16-27-15-28-30)21-7-6-20(25)11-22(21)26/h1-12,15-16,31H,13-14H2/b5-4+. The van der Waals surface area contributed by atoms with Crippen LogP contribution < -0.4 is 0 Å². The zero-order valence-electron chi connectivity index (χ0n) is 16.4. The Morgan fingerprint density at radius 2 is 1.87 bits per heavy atom. The van der Waals surface area contributed by atoms with E-state index in [9.17, 15) is 13.9 Å². The maximum Gasteiger partial charge on any atom is 0.137 e. The van der Waals surface area contributed by atoms with E-state index >= 15 is 0 Å². The molecule has 31 heavy (non-hydrogen) atoms. The second-order valence-electron chi connectivity index (χ2n) is 7.25. The van der Waals surface area contributed by atoms with Gasteiger partial charge in [-0.3, -0.25) is 0 Å². The molecule has 0 spiro atoms. The molecule has 0 bridgehead atoms. The van der Waals surface area contributed by atoms with Crippen molar-refractivity contribution in [1.29, 1.82) is 0 Å². The van der Waals surface area contributed by atoms with Gasteiger partial charge in [-0.15, -0.1) is 0 Å². The Morgan fingerprint density at radius 1 is 1.03 bits per heavy atom. The molecule has 0 radical (unpaired) electrons. The monoisotopic (exact) mass is 440 g/mol. The molecular formula is C23H19ClF2N4O. The molecular weight excluding hydrogens is 422 g/mol. The Hall–Kier alpha value is -3.29. The summed E-state index contributed by atoms with van der Waals surface area (Å²) >= 11 is 6.01. The average molecular weight is 441 g/mol. The van der Waals surface area contributed by atoms with Gasteiger partial charge in [-0.1, -0.05) is 42.0 Å². The number of halogens is 3. The predicted molar refractivity (Wildman–Crippen MR) is 115 cm³/mol. The molecule has 0 amide bonds. The minimum atomic E-state index is -1.68. The van der Waals surface area contributed by atoms with Crippen molar-refractivity contribution in [3.8, 4) is 0 Å². The average Bonchev–Trinajstić information content (AvgIpc) is 3.38. The van der Waals surface area contributed by atoms with E-state index in [4.69, 9.17) is 11.6 Å². The summed E-state index contributed by atoms with van der Waals surface area (Å²) in [7, 11) is 0. The number of hydrogen-bond acceptors (Lipinski definition) is 3. The molecule has 1 unspecified atom stereocenters. The van der Waals surface area contributed by atoms with Gasteiger partial charge in [-0.25, -0.2) is 18.4 Å². The Bertz CT molecular complexity index is 1210. The predicted octanol–water partition coefficient (Wildman–Crippen LogP) is 4.77. The number of aliphatic hydroxyl groups is 1. The molecule has 2 aromatic carbocycles. The van der Waals surface area contributed by atoms with Crippen LogP contribution in [0, 0.1) is 11.6 Å². The summed E-state index contributed by atoms with van der Waals surface area (Å²) in [5.41, 5.74) is 0.145. The lowest BCUT2D eigenvalue weighted by Gasteiger charge is -2.29. The van der Waals surface area contributed by atoms with Crippen LogP contribution >= 0.6 is 11.6 Å². The Balaban J connectivity index is 1.60. The molecule has 0 fully saturated rings. The molecule has 0 saturated carbocycles. The van der Waals surface area contributed by atoms with Crippen LogP contribution in [-0.2, 0) is 18.7 Å². The maximum absolute atomic E-state index is 14.5. The molecule has 1 N–H and O–H groups in total. The van der Waals surface area contributed by atoms with E-state index < -0.39 is 17.2 Å². The quantitative estimate of drug-likeness (QED) is 0.450. The smallest absolute Gasteiger partial charge is 0.137 e. The highest BCUT2D eigenvalue weighted by atomic mass is 35.5. The minimum absolute atomic E-state index is 0.0193. The van der Waals surface area contributed by atoms with Crippen LogP contribution in [0.25, 0.3) is 12.2 Å². The van der Waals surface area contributed by atoms with Crippen LogP contribution in [0.15, 0.2) is 73.6 Å². The fourth-order valence-corrected chi connectivity index (χ4v) is 3.63. The third kappa shape index (κ3) is 5.07. The highest BCUT2D eigenvalue weighted by molar-refractivity contribution is 6.30. The molecule has 4 aromatic rings. The molecule has 8 heteroatoms. The molecule has 4 rings (SSSR count). The van der Waals surface area contributed by atoms with Gasteiger partial charge in [0.2, 0.25) is 0 Å². The Kier molecular flexibility index (Phi) is 5.97. The van der Waals surface area contributed by atoms with Crippen LogP contribution in [-0.4, -0.2) is 24.4 Å². The van der Waals surface area contributed by atoms with Gasteiger partial charge in [0, 0.05) is 29.0 Å². The highest BCUT2D eigenvalue weighted by Gasteiger charge is 2.34. The van der Waals surface area contributed by atoms with Crippen LogP contribution in [0.5, 0.6) is 0 Å². The van der Waals surface area contributed by atoms with Gasteiger partial charge in [0.25, 0.3) is 0 Å². The molecule has 2 aromatic heterocycles. The molecule has 2 heterocycles. The van der Waals surface area contributed by atoms with Gasteiger partial charge >= 0.3 is 0 Å². The lowest BCUT2D eigenvalue weighted by molar-refractivity contribution is -0.00534. The van der Waals surface area contributed by atoms with E-state index in [0.717, 1.165) is 23.3 Å². The van der Waals surface area contributed by atoms with E-state index in [0.29, 0.717) is 5.02 Å². The van der Waals surface area contributed by atoms with Crippen molar-refractivity contribution in [2.45, 2.75) is 18.7 Å². The molecule has 0 aliphatic rings. The number of hydrogen-bond donors (Lipinski definition) is 1. The van der Waals surface area contributed by atoms with Gasteiger partial charge in [0.05, 0.1) is 13.1 Å². The van der Waals surface area contributed by atoms with E-state index in [1.165, 1.54) is 23.4 Å². The van der Waals surface area contributed by atoms with Crippen molar-refractivity contribution in [3.05, 3.63) is 107 Å². The molecule has 0 aliphatic heterocycles. The fourth-order valence-electron chi connectivity index (χ4n) is 3.43. The molecule has 5 nitrogen and oxygen atoms in total. The number of rotatable bonds is 7. The second-order valence-corrected chi connectivity index (χ2v) is 7.69. The zero-order chi connectivity index (χ0) is 21.8. The lowest BCUT2D eigenvalue weighted by atomic mass is 9.92. The molecule has 0 aliphatic carbocycles. The van der Waals surface area contributed by atoms with E-state index in [-0.39, 0.29) is 18.7 Å². The lowest BCUT2D eigenvalue weighted by Crippen LogP contribution is -2.37. The minimum Gasteiger partial charge on any atom is -0.381 e. The normalized spacial score (nSPS) is 13.5.